The summed E-state index contributed by atoms with van der Waals surface area (Å²) in [5.74, 6) is -1.31. The predicted molar refractivity (Wildman–Crippen MR) is 99.5 cm³/mol. The Morgan fingerprint density at radius 3 is 2.44 bits per heavy atom. The van der Waals surface area contributed by atoms with E-state index < -0.39 is 42.4 Å². The van der Waals surface area contributed by atoms with Crippen molar-refractivity contribution in [3.05, 3.63) is 34.9 Å². The number of urea groups is 1. The monoisotopic (exact) mass is 394 g/mol. The van der Waals surface area contributed by atoms with E-state index in [4.69, 9.17) is 16.3 Å². The molecule has 3 amide bonds. The molecule has 0 spiro atoms. The molecule has 0 saturated carbocycles. The fraction of sp³-hybridized carbons (Fsp3) is 0.474. The van der Waals surface area contributed by atoms with Crippen LogP contribution in [0.5, 0.6) is 0 Å². The number of hydrogen-bond donors (Lipinski definition) is 1. The van der Waals surface area contributed by atoms with Gasteiger partial charge in [-0.25, -0.2) is 4.79 Å². The molecule has 0 aromatic heterocycles. The summed E-state index contributed by atoms with van der Waals surface area (Å²) >= 11 is 5.76. The van der Waals surface area contributed by atoms with E-state index in [-0.39, 0.29) is 0 Å². The van der Waals surface area contributed by atoms with Gasteiger partial charge in [-0.15, -0.1) is 0 Å². The first kappa shape index (κ1) is 20.9. The summed E-state index contributed by atoms with van der Waals surface area (Å²) in [5, 5.41) is 3.13. The van der Waals surface area contributed by atoms with Crippen LogP contribution in [0.15, 0.2) is 24.3 Å². The number of carbonyl (C=O) groups is 4. The van der Waals surface area contributed by atoms with Crippen LogP contribution in [0, 0.1) is 5.92 Å². The first-order chi connectivity index (χ1) is 12.6. The molecular formula is C19H23ClN2O5. The molecule has 0 radical (unpaired) electrons. The molecule has 1 fully saturated rings. The van der Waals surface area contributed by atoms with Crippen LogP contribution < -0.4 is 5.32 Å². The van der Waals surface area contributed by atoms with Gasteiger partial charge in [-0.2, -0.15) is 0 Å². The zero-order chi connectivity index (χ0) is 20.2. The molecule has 0 aliphatic carbocycles. The van der Waals surface area contributed by atoms with Gasteiger partial charge in [0, 0.05) is 10.6 Å². The van der Waals surface area contributed by atoms with Crippen LogP contribution in [0.2, 0.25) is 5.02 Å². The van der Waals surface area contributed by atoms with Gasteiger partial charge in [0.1, 0.15) is 12.1 Å². The van der Waals surface area contributed by atoms with Gasteiger partial charge in [-0.05, 0) is 49.9 Å². The van der Waals surface area contributed by atoms with Crippen LogP contribution in [0.1, 0.15) is 44.0 Å². The molecule has 8 heteroatoms. The second-order valence-electron chi connectivity index (χ2n) is 7.18. The number of esters is 1. The van der Waals surface area contributed by atoms with Gasteiger partial charge < -0.3 is 10.1 Å². The summed E-state index contributed by atoms with van der Waals surface area (Å²) in [7, 11) is 0. The fourth-order valence-corrected chi connectivity index (χ4v) is 2.80. The lowest BCUT2D eigenvalue weighted by atomic mass is 9.92. The van der Waals surface area contributed by atoms with Gasteiger partial charge in [0.15, 0.2) is 12.4 Å². The molecule has 1 aliphatic heterocycles. The van der Waals surface area contributed by atoms with Crippen LogP contribution in [0.4, 0.5) is 4.79 Å². The minimum absolute atomic E-state index is 0.350. The summed E-state index contributed by atoms with van der Waals surface area (Å²) < 4.78 is 4.92. The van der Waals surface area contributed by atoms with Crippen LogP contribution >= 0.6 is 11.6 Å². The van der Waals surface area contributed by atoms with Gasteiger partial charge in [0.25, 0.3) is 5.91 Å². The van der Waals surface area contributed by atoms with Crippen molar-refractivity contribution in [2.24, 2.45) is 5.92 Å². The zero-order valence-electron chi connectivity index (χ0n) is 15.6. The lowest BCUT2D eigenvalue weighted by Crippen LogP contribution is -2.44. The normalized spacial score (nSPS) is 19.4. The molecule has 1 aromatic rings. The molecule has 0 unspecified atom stereocenters. The molecule has 1 N–H and O–H groups in total. The highest BCUT2D eigenvalue weighted by Crippen LogP contribution is 2.24. The Morgan fingerprint density at radius 1 is 1.22 bits per heavy atom. The second kappa shape index (κ2) is 8.52. The van der Waals surface area contributed by atoms with Crippen molar-refractivity contribution in [2.45, 2.75) is 39.2 Å². The highest BCUT2D eigenvalue weighted by atomic mass is 35.5. The minimum Gasteiger partial charge on any atom is -0.456 e. The van der Waals surface area contributed by atoms with Crippen molar-refractivity contribution in [1.82, 2.24) is 10.2 Å². The van der Waals surface area contributed by atoms with E-state index >= 15 is 0 Å². The maximum Gasteiger partial charge on any atom is 0.326 e. The summed E-state index contributed by atoms with van der Waals surface area (Å²) in [5.41, 5.74) is -0.677. The van der Waals surface area contributed by atoms with Crippen molar-refractivity contribution in [3.8, 4) is 0 Å². The number of ether oxygens (including phenoxy) is 1. The Kier molecular flexibility index (Phi) is 6.59. The van der Waals surface area contributed by atoms with Crippen LogP contribution in [0.3, 0.4) is 0 Å². The Morgan fingerprint density at radius 2 is 1.85 bits per heavy atom. The Hall–Kier alpha value is -2.41. The number of rotatable bonds is 8. The summed E-state index contributed by atoms with van der Waals surface area (Å²) in [4.78, 5) is 49.4. The number of imide groups is 1. The second-order valence-corrected chi connectivity index (χ2v) is 7.61. The first-order valence-corrected chi connectivity index (χ1v) is 9.08. The van der Waals surface area contributed by atoms with Gasteiger partial charge in [0.2, 0.25) is 0 Å². The molecule has 1 aliphatic rings. The maximum atomic E-state index is 12.5. The van der Waals surface area contributed by atoms with Crippen molar-refractivity contribution < 1.29 is 23.9 Å². The van der Waals surface area contributed by atoms with Gasteiger partial charge in [-0.1, -0.05) is 25.4 Å². The number of halogens is 1. The van der Waals surface area contributed by atoms with Crippen molar-refractivity contribution in [2.75, 3.05) is 13.2 Å². The molecule has 27 heavy (non-hydrogen) atoms. The standard InChI is InChI=1S/C19H23ClN2O5/c1-12(2)8-9-19(3)17(25)22(18(26)21-19)10-16(24)27-11-15(23)13-4-6-14(20)7-5-13/h4-7,12H,8-11H2,1-3H3,(H,21,26)/t19-/m1/s1. The smallest absolute Gasteiger partial charge is 0.326 e. The number of Topliss-reactive ketones (excluding diaryl/α,β-unsaturated/α-hetero) is 1. The minimum atomic E-state index is -1.03. The third-order valence-electron chi connectivity index (χ3n) is 4.38. The van der Waals surface area contributed by atoms with Crippen LogP contribution in [0.25, 0.3) is 0 Å². The largest absolute Gasteiger partial charge is 0.456 e. The van der Waals surface area contributed by atoms with Crippen LogP contribution in [-0.4, -0.2) is 47.3 Å². The number of benzene rings is 1. The lowest BCUT2D eigenvalue weighted by Gasteiger charge is -2.22. The molecule has 7 nitrogen and oxygen atoms in total. The van der Waals surface area contributed by atoms with Crippen molar-refractivity contribution in [1.29, 1.82) is 0 Å². The highest BCUT2D eigenvalue weighted by molar-refractivity contribution is 6.30. The molecule has 0 bridgehead atoms. The summed E-state index contributed by atoms with van der Waals surface area (Å²) in [6, 6.07) is 5.53. The Labute approximate surface area is 163 Å². The highest BCUT2D eigenvalue weighted by Gasteiger charge is 2.48. The molecule has 1 atom stereocenters. The number of nitrogens with one attached hydrogen (secondary N) is 1. The first-order valence-electron chi connectivity index (χ1n) is 8.71. The molecule has 1 aromatic carbocycles. The van der Waals surface area contributed by atoms with E-state index in [2.05, 4.69) is 5.32 Å². The molecule has 1 saturated heterocycles. The SMILES string of the molecule is CC(C)CC[C@@]1(C)NC(=O)N(CC(=O)OCC(=O)c2ccc(Cl)cc2)C1=O. The van der Waals surface area contributed by atoms with E-state index in [1.807, 2.05) is 13.8 Å². The van der Waals surface area contributed by atoms with Gasteiger partial charge in [0.05, 0.1) is 0 Å². The number of nitrogens with zero attached hydrogens (tertiary/aromatic N) is 1. The van der Waals surface area contributed by atoms with Crippen LogP contribution in [-0.2, 0) is 14.3 Å². The third kappa shape index (κ3) is 5.29. The van der Waals surface area contributed by atoms with Gasteiger partial charge >= 0.3 is 12.0 Å². The number of carbonyl (C=O) groups excluding carboxylic acids is 4. The molecular weight excluding hydrogens is 372 g/mol. The van der Waals surface area contributed by atoms with E-state index in [0.29, 0.717) is 22.9 Å². The molecule has 1 heterocycles. The predicted octanol–water partition coefficient (Wildman–Crippen LogP) is 2.81. The van der Waals surface area contributed by atoms with E-state index in [1.54, 1.807) is 19.1 Å². The molecule has 2 rings (SSSR count). The summed E-state index contributed by atoms with van der Waals surface area (Å²) in [6.07, 6.45) is 1.24. The van der Waals surface area contributed by atoms with E-state index in [9.17, 15) is 19.2 Å². The zero-order valence-corrected chi connectivity index (χ0v) is 16.3. The fourth-order valence-electron chi connectivity index (χ4n) is 2.68. The van der Waals surface area contributed by atoms with E-state index in [1.165, 1.54) is 12.1 Å². The third-order valence-corrected chi connectivity index (χ3v) is 4.64. The average molecular weight is 395 g/mol. The molecule has 146 valence electrons. The topological polar surface area (TPSA) is 92.8 Å². The quantitative estimate of drug-likeness (QED) is 0.415. The van der Waals surface area contributed by atoms with Crippen molar-refractivity contribution in [3.63, 3.8) is 0 Å². The Bertz CT molecular complexity index is 747. The average Bonchev–Trinajstić information content (AvgIpc) is 2.82. The number of amides is 3. The number of ketones is 1. The van der Waals surface area contributed by atoms with Gasteiger partial charge in [-0.3, -0.25) is 19.3 Å². The van der Waals surface area contributed by atoms with Crippen molar-refractivity contribution >= 4 is 35.3 Å². The maximum absolute atomic E-state index is 12.5. The Balaban J connectivity index is 1.89. The number of hydrogen-bond acceptors (Lipinski definition) is 5. The lowest BCUT2D eigenvalue weighted by molar-refractivity contribution is -0.146. The van der Waals surface area contributed by atoms with E-state index in [0.717, 1.165) is 11.3 Å². The summed E-state index contributed by atoms with van der Waals surface area (Å²) in [6.45, 7) is 4.68.